The highest BCUT2D eigenvalue weighted by Crippen LogP contribution is 2.25. The monoisotopic (exact) mass is 284 g/mol. The van der Waals surface area contributed by atoms with E-state index in [2.05, 4.69) is 5.32 Å². The number of ether oxygens (including phenoxy) is 1. The van der Waals surface area contributed by atoms with Crippen molar-refractivity contribution in [3.8, 4) is 5.75 Å². The highest BCUT2D eigenvalue weighted by molar-refractivity contribution is 6.09. The summed E-state index contributed by atoms with van der Waals surface area (Å²) in [5.41, 5.74) is 7.62. The second-order valence-corrected chi connectivity index (χ2v) is 4.51. The van der Waals surface area contributed by atoms with E-state index < -0.39 is 0 Å². The number of carbonyl (C=O) groups is 2. The number of rotatable bonds is 4. The van der Waals surface area contributed by atoms with Gasteiger partial charge in [-0.05, 0) is 43.3 Å². The number of methoxy groups -OCH3 is 1. The molecule has 3 N–H and O–H groups in total. The van der Waals surface area contributed by atoms with Gasteiger partial charge in [0.1, 0.15) is 11.3 Å². The number of ketones is 1. The predicted molar refractivity (Wildman–Crippen MR) is 81.8 cm³/mol. The standard InChI is InChI=1S/C16H16N2O3/c1-10(19)11-6-8-12(9-7-11)18-16(20)15-13(17)4-3-5-14(15)21-2/h3-9H,17H2,1-2H3,(H,18,20). The first-order chi connectivity index (χ1) is 10.0. The minimum atomic E-state index is -0.361. The second-order valence-electron chi connectivity index (χ2n) is 4.51. The number of nitrogens with one attached hydrogen (secondary N) is 1. The van der Waals surface area contributed by atoms with E-state index in [9.17, 15) is 9.59 Å². The van der Waals surface area contributed by atoms with Gasteiger partial charge in [-0.25, -0.2) is 0 Å². The van der Waals surface area contributed by atoms with Crippen LogP contribution >= 0.6 is 0 Å². The van der Waals surface area contributed by atoms with Crippen LogP contribution in [0, 0.1) is 0 Å². The molecule has 0 fully saturated rings. The highest BCUT2D eigenvalue weighted by atomic mass is 16.5. The van der Waals surface area contributed by atoms with E-state index in [0.29, 0.717) is 22.7 Å². The Labute approximate surface area is 122 Å². The fraction of sp³-hybridized carbons (Fsp3) is 0.125. The fourth-order valence-corrected chi connectivity index (χ4v) is 1.94. The normalized spacial score (nSPS) is 10.0. The Balaban J connectivity index is 2.24. The first-order valence-electron chi connectivity index (χ1n) is 6.37. The van der Waals surface area contributed by atoms with Crippen LogP contribution in [0.4, 0.5) is 11.4 Å². The number of hydrogen-bond acceptors (Lipinski definition) is 4. The molecule has 5 heteroatoms. The Bertz CT molecular complexity index is 678. The van der Waals surface area contributed by atoms with Crippen molar-refractivity contribution in [1.29, 1.82) is 0 Å². The van der Waals surface area contributed by atoms with Crippen LogP contribution in [0.25, 0.3) is 0 Å². The topological polar surface area (TPSA) is 81.4 Å². The van der Waals surface area contributed by atoms with Crippen LogP contribution < -0.4 is 15.8 Å². The van der Waals surface area contributed by atoms with Gasteiger partial charge in [-0.15, -0.1) is 0 Å². The van der Waals surface area contributed by atoms with Gasteiger partial charge < -0.3 is 15.8 Å². The molecule has 0 unspecified atom stereocenters. The Morgan fingerprint density at radius 1 is 1.10 bits per heavy atom. The van der Waals surface area contributed by atoms with E-state index in [1.165, 1.54) is 14.0 Å². The molecule has 0 aliphatic rings. The lowest BCUT2D eigenvalue weighted by atomic mass is 10.1. The summed E-state index contributed by atoms with van der Waals surface area (Å²) < 4.78 is 5.15. The summed E-state index contributed by atoms with van der Waals surface area (Å²) in [5, 5.41) is 2.73. The minimum Gasteiger partial charge on any atom is -0.496 e. The summed E-state index contributed by atoms with van der Waals surface area (Å²) in [7, 11) is 1.48. The van der Waals surface area contributed by atoms with Gasteiger partial charge in [-0.1, -0.05) is 6.07 Å². The molecule has 0 aromatic heterocycles. The molecule has 0 aliphatic carbocycles. The maximum Gasteiger partial charge on any atom is 0.261 e. The van der Waals surface area contributed by atoms with Crippen molar-refractivity contribution in [2.45, 2.75) is 6.92 Å². The molecule has 0 spiro atoms. The molecule has 5 nitrogen and oxygen atoms in total. The molecule has 1 amide bonds. The number of amides is 1. The lowest BCUT2D eigenvalue weighted by molar-refractivity contribution is 0.101. The molecule has 0 aliphatic heterocycles. The molecular formula is C16H16N2O3. The molecule has 0 heterocycles. The number of Topliss-reactive ketones (excluding diaryl/α,β-unsaturated/α-hetero) is 1. The number of anilines is 2. The highest BCUT2D eigenvalue weighted by Gasteiger charge is 2.15. The number of benzene rings is 2. The largest absolute Gasteiger partial charge is 0.496 e. The van der Waals surface area contributed by atoms with Crippen LogP contribution in [0.2, 0.25) is 0 Å². The molecule has 0 bridgehead atoms. The molecule has 2 aromatic rings. The van der Waals surface area contributed by atoms with Crippen molar-refractivity contribution >= 4 is 23.1 Å². The lowest BCUT2D eigenvalue weighted by Gasteiger charge is -2.11. The van der Waals surface area contributed by atoms with Crippen molar-refractivity contribution in [1.82, 2.24) is 0 Å². The van der Waals surface area contributed by atoms with E-state index in [1.807, 2.05) is 0 Å². The van der Waals surface area contributed by atoms with E-state index >= 15 is 0 Å². The van der Waals surface area contributed by atoms with E-state index in [-0.39, 0.29) is 17.3 Å². The van der Waals surface area contributed by atoms with Gasteiger partial charge in [0, 0.05) is 16.9 Å². The predicted octanol–water partition coefficient (Wildman–Crippen LogP) is 2.73. The molecule has 0 saturated heterocycles. The van der Waals surface area contributed by atoms with Gasteiger partial charge in [-0.2, -0.15) is 0 Å². The summed E-state index contributed by atoms with van der Waals surface area (Å²) in [4.78, 5) is 23.5. The van der Waals surface area contributed by atoms with E-state index in [4.69, 9.17) is 10.5 Å². The van der Waals surface area contributed by atoms with E-state index in [1.54, 1.807) is 42.5 Å². The summed E-state index contributed by atoms with van der Waals surface area (Å²) in [6.45, 7) is 1.49. The Morgan fingerprint density at radius 2 is 1.76 bits per heavy atom. The Morgan fingerprint density at radius 3 is 2.33 bits per heavy atom. The number of hydrogen-bond donors (Lipinski definition) is 2. The Hall–Kier alpha value is -2.82. The van der Waals surface area contributed by atoms with Gasteiger partial charge in [0.25, 0.3) is 5.91 Å². The van der Waals surface area contributed by atoms with Crippen LogP contribution in [-0.4, -0.2) is 18.8 Å². The number of nitrogen functional groups attached to an aromatic ring is 1. The SMILES string of the molecule is COc1cccc(N)c1C(=O)Nc1ccc(C(C)=O)cc1. The van der Waals surface area contributed by atoms with Crippen LogP contribution in [0.1, 0.15) is 27.6 Å². The van der Waals surface area contributed by atoms with Gasteiger partial charge in [-0.3, -0.25) is 9.59 Å². The van der Waals surface area contributed by atoms with Crippen molar-refractivity contribution in [3.05, 3.63) is 53.6 Å². The minimum absolute atomic E-state index is 0.0261. The van der Waals surface area contributed by atoms with Crippen molar-refractivity contribution in [2.75, 3.05) is 18.2 Å². The summed E-state index contributed by atoms with van der Waals surface area (Å²) in [6, 6.07) is 11.7. The molecule has 108 valence electrons. The van der Waals surface area contributed by atoms with Gasteiger partial charge in [0.05, 0.1) is 7.11 Å². The van der Waals surface area contributed by atoms with Crippen LogP contribution in [0.5, 0.6) is 5.75 Å². The second kappa shape index (κ2) is 6.09. The fourth-order valence-electron chi connectivity index (χ4n) is 1.94. The molecule has 2 rings (SSSR count). The molecule has 0 atom stereocenters. The van der Waals surface area contributed by atoms with E-state index in [0.717, 1.165) is 0 Å². The summed E-state index contributed by atoms with van der Waals surface area (Å²) in [6.07, 6.45) is 0. The van der Waals surface area contributed by atoms with Crippen LogP contribution in [-0.2, 0) is 0 Å². The zero-order chi connectivity index (χ0) is 15.4. The first-order valence-corrected chi connectivity index (χ1v) is 6.37. The maximum atomic E-state index is 12.3. The Kier molecular flexibility index (Phi) is 4.23. The number of nitrogens with two attached hydrogens (primary N) is 1. The summed E-state index contributed by atoms with van der Waals surface area (Å²) in [5.74, 6) is 0.0234. The van der Waals surface area contributed by atoms with Crippen molar-refractivity contribution in [3.63, 3.8) is 0 Å². The quantitative estimate of drug-likeness (QED) is 0.668. The van der Waals surface area contributed by atoms with Crippen LogP contribution in [0.15, 0.2) is 42.5 Å². The average molecular weight is 284 g/mol. The molecular weight excluding hydrogens is 268 g/mol. The maximum absolute atomic E-state index is 12.3. The average Bonchev–Trinajstić information content (AvgIpc) is 2.47. The number of carbonyl (C=O) groups excluding carboxylic acids is 2. The molecule has 2 aromatic carbocycles. The van der Waals surface area contributed by atoms with Crippen molar-refractivity contribution < 1.29 is 14.3 Å². The third-order valence-corrected chi connectivity index (χ3v) is 3.05. The molecule has 0 saturated carbocycles. The van der Waals surface area contributed by atoms with Gasteiger partial charge in [0.15, 0.2) is 5.78 Å². The molecule has 21 heavy (non-hydrogen) atoms. The van der Waals surface area contributed by atoms with Gasteiger partial charge in [0.2, 0.25) is 0 Å². The smallest absolute Gasteiger partial charge is 0.261 e. The third kappa shape index (κ3) is 3.20. The van der Waals surface area contributed by atoms with Crippen LogP contribution in [0.3, 0.4) is 0 Å². The third-order valence-electron chi connectivity index (χ3n) is 3.05. The first kappa shape index (κ1) is 14.6. The zero-order valence-corrected chi connectivity index (χ0v) is 11.8. The van der Waals surface area contributed by atoms with Crippen molar-refractivity contribution in [2.24, 2.45) is 0 Å². The molecule has 0 radical (unpaired) electrons. The lowest BCUT2D eigenvalue weighted by Crippen LogP contribution is -2.15. The zero-order valence-electron chi connectivity index (χ0n) is 11.8. The van der Waals surface area contributed by atoms with Gasteiger partial charge >= 0.3 is 0 Å². The summed E-state index contributed by atoms with van der Waals surface area (Å²) >= 11 is 0.